The van der Waals surface area contributed by atoms with Gasteiger partial charge in [0.15, 0.2) is 12.2 Å². The van der Waals surface area contributed by atoms with Crippen molar-refractivity contribution in [2.45, 2.75) is 407 Å². The molecule has 94 heavy (non-hydrogen) atoms. The third-order valence-electron chi connectivity index (χ3n) is 17.5. The second-order valence-corrected chi connectivity index (χ2v) is 30.9. The molecule has 0 spiro atoms. The number of phosphoric acid groups is 2. The molecule has 0 aromatic carbocycles. The van der Waals surface area contributed by atoms with E-state index in [0.29, 0.717) is 31.6 Å². The van der Waals surface area contributed by atoms with Crippen molar-refractivity contribution in [2.24, 2.45) is 11.8 Å². The van der Waals surface area contributed by atoms with Gasteiger partial charge < -0.3 is 33.8 Å². The summed E-state index contributed by atoms with van der Waals surface area (Å²) in [5.74, 6) is -0.650. The zero-order valence-corrected chi connectivity index (χ0v) is 63.1. The van der Waals surface area contributed by atoms with Crippen molar-refractivity contribution in [1.82, 2.24) is 0 Å². The minimum atomic E-state index is -4.96. The van der Waals surface area contributed by atoms with E-state index >= 15 is 0 Å². The number of carbonyl (C=O) groups excluding carboxylic acids is 4. The maximum atomic E-state index is 13.1. The summed E-state index contributed by atoms with van der Waals surface area (Å²) in [5, 5.41) is 10.6. The van der Waals surface area contributed by atoms with Gasteiger partial charge in [0.2, 0.25) is 0 Å². The molecule has 0 aromatic heterocycles. The Hall–Kier alpha value is -1.94. The predicted octanol–water partition coefficient (Wildman–Crippen LogP) is 21.9. The van der Waals surface area contributed by atoms with Crippen LogP contribution in [0, 0.1) is 11.8 Å². The van der Waals surface area contributed by atoms with Gasteiger partial charge in [-0.1, -0.05) is 337 Å². The van der Waals surface area contributed by atoms with Gasteiger partial charge in [-0.15, -0.1) is 0 Å². The molecule has 0 heterocycles. The number of rotatable bonds is 74. The number of unbranched alkanes of at least 4 members (excludes halogenated alkanes) is 44. The standard InChI is InChI=1S/C75H146O17P2/c1-7-9-11-13-15-17-19-21-23-27-30-34-38-45-51-57-72(77)85-63-70(91-74(79)60-54-48-40-36-32-28-24-25-29-33-37-43-49-55-67(3)4)65-89-93(81,82)87-61-69(76)62-88-94(83,84)90-66-71(64-86-73(78)58-52-46-42-41-44-50-56-68(5)6)92-75(80)59-53-47-39-35-31-26-22-20-18-16-14-12-10-8-2/h67-71,76H,7-66H2,1-6H3,(H,81,82)(H,83,84)/t69-,70-,71-/m1/s1. The highest BCUT2D eigenvalue weighted by Gasteiger charge is 2.30. The Labute approximate surface area is 575 Å². The molecule has 2 unspecified atom stereocenters. The van der Waals surface area contributed by atoms with Gasteiger partial charge in [-0.05, 0) is 37.5 Å². The molecule has 0 aromatic rings. The van der Waals surface area contributed by atoms with E-state index in [2.05, 4.69) is 41.5 Å². The van der Waals surface area contributed by atoms with E-state index in [1.54, 1.807) is 0 Å². The lowest BCUT2D eigenvalue weighted by molar-refractivity contribution is -0.161. The summed E-state index contributed by atoms with van der Waals surface area (Å²) in [4.78, 5) is 72.7. The molecule has 19 heteroatoms. The summed E-state index contributed by atoms with van der Waals surface area (Å²) < 4.78 is 68.5. The van der Waals surface area contributed by atoms with Crippen LogP contribution in [0.15, 0.2) is 0 Å². The van der Waals surface area contributed by atoms with Gasteiger partial charge >= 0.3 is 39.5 Å². The third kappa shape index (κ3) is 68.6. The van der Waals surface area contributed by atoms with Crippen LogP contribution in [0.1, 0.15) is 388 Å². The first-order chi connectivity index (χ1) is 45.4. The SMILES string of the molecule is CCCCCCCCCCCCCCCCCC(=O)OC[C@H](COP(=O)(O)OC[C@@H](O)COP(=O)(O)OC[C@@H](COC(=O)CCCCCCCCC(C)C)OC(=O)CCCCCCCCCCCCCCCC)OC(=O)CCCCCCCCCCCCCCCC(C)C. The number of carbonyl (C=O) groups is 4. The van der Waals surface area contributed by atoms with Gasteiger partial charge in [0, 0.05) is 25.7 Å². The first-order valence-corrected chi connectivity index (χ1v) is 42.0. The average molecular weight is 1380 g/mol. The summed E-state index contributed by atoms with van der Waals surface area (Å²) in [7, 11) is -9.91. The lowest BCUT2D eigenvalue weighted by Gasteiger charge is -2.21. The highest BCUT2D eigenvalue weighted by atomic mass is 31.2. The molecule has 0 aliphatic rings. The molecule has 0 aliphatic carbocycles. The molecule has 558 valence electrons. The van der Waals surface area contributed by atoms with Gasteiger partial charge in [0.25, 0.3) is 0 Å². The van der Waals surface area contributed by atoms with Crippen molar-refractivity contribution < 1.29 is 80.2 Å². The smallest absolute Gasteiger partial charge is 0.462 e. The van der Waals surface area contributed by atoms with E-state index in [1.807, 2.05) is 0 Å². The van der Waals surface area contributed by atoms with E-state index in [1.165, 1.54) is 199 Å². The molecule has 0 fully saturated rings. The highest BCUT2D eigenvalue weighted by Crippen LogP contribution is 2.45. The van der Waals surface area contributed by atoms with Crippen LogP contribution < -0.4 is 0 Å². The van der Waals surface area contributed by atoms with Crippen molar-refractivity contribution in [2.75, 3.05) is 39.6 Å². The summed E-state index contributed by atoms with van der Waals surface area (Å²) in [5.41, 5.74) is 0. The molecule has 0 rings (SSSR count). The first-order valence-electron chi connectivity index (χ1n) is 39.0. The van der Waals surface area contributed by atoms with Crippen LogP contribution in [0.4, 0.5) is 0 Å². The highest BCUT2D eigenvalue weighted by molar-refractivity contribution is 7.47. The molecule has 3 N–H and O–H groups in total. The third-order valence-corrected chi connectivity index (χ3v) is 19.4. The fourth-order valence-electron chi connectivity index (χ4n) is 11.5. The minimum Gasteiger partial charge on any atom is -0.462 e. The van der Waals surface area contributed by atoms with Gasteiger partial charge in [0.1, 0.15) is 19.3 Å². The number of hydrogen-bond acceptors (Lipinski definition) is 15. The minimum absolute atomic E-state index is 0.107. The fraction of sp³-hybridized carbons (Fsp3) is 0.947. The predicted molar refractivity (Wildman–Crippen MR) is 381 cm³/mol. The molecular formula is C75H146O17P2. The fourth-order valence-corrected chi connectivity index (χ4v) is 13.1. The molecule has 17 nitrogen and oxygen atoms in total. The van der Waals surface area contributed by atoms with E-state index in [-0.39, 0.29) is 25.7 Å². The lowest BCUT2D eigenvalue weighted by Crippen LogP contribution is -2.30. The van der Waals surface area contributed by atoms with Crippen LogP contribution in [-0.2, 0) is 65.4 Å². The van der Waals surface area contributed by atoms with Gasteiger partial charge in [-0.25, -0.2) is 9.13 Å². The summed E-state index contributed by atoms with van der Waals surface area (Å²) >= 11 is 0. The monoisotopic (exact) mass is 1380 g/mol. The molecule has 0 aliphatic heterocycles. The number of aliphatic hydroxyl groups excluding tert-OH is 1. The van der Waals surface area contributed by atoms with Crippen LogP contribution in [0.5, 0.6) is 0 Å². The summed E-state index contributed by atoms with van der Waals surface area (Å²) in [6.07, 6.45) is 54.1. The van der Waals surface area contributed by atoms with E-state index < -0.39 is 97.5 Å². The van der Waals surface area contributed by atoms with Crippen LogP contribution in [0.25, 0.3) is 0 Å². The van der Waals surface area contributed by atoms with Gasteiger partial charge in [-0.3, -0.25) is 37.3 Å². The Kier molecular flexibility index (Phi) is 65.5. The summed E-state index contributed by atoms with van der Waals surface area (Å²) in [6.45, 7) is 9.53. The van der Waals surface area contributed by atoms with E-state index in [4.69, 9.17) is 37.0 Å². The molecule has 0 amide bonds. The normalized spacial score (nSPS) is 14.0. The lowest BCUT2D eigenvalue weighted by atomic mass is 10.0. The average Bonchev–Trinajstić information content (AvgIpc) is 1.45. The number of esters is 4. The van der Waals surface area contributed by atoms with Crippen LogP contribution in [-0.4, -0.2) is 96.7 Å². The van der Waals surface area contributed by atoms with Crippen LogP contribution in [0.2, 0.25) is 0 Å². The maximum absolute atomic E-state index is 13.1. The largest absolute Gasteiger partial charge is 0.472 e. The zero-order chi connectivity index (χ0) is 69.3. The number of hydrogen-bond donors (Lipinski definition) is 3. The number of phosphoric ester groups is 2. The first kappa shape index (κ1) is 92.1. The van der Waals surface area contributed by atoms with Crippen molar-refractivity contribution in [3.63, 3.8) is 0 Å². The second-order valence-electron chi connectivity index (χ2n) is 28.0. The quantitative estimate of drug-likeness (QED) is 0.0222. The van der Waals surface area contributed by atoms with E-state index in [9.17, 15) is 43.2 Å². The Bertz CT molecular complexity index is 1820. The van der Waals surface area contributed by atoms with Gasteiger partial charge in [0.05, 0.1) is 26.4 Å². The number of aliphatic hydroxyl groups is 1. The molecule has 0 saturated heterocycles. The molecule has 0 saturated carbocycles. The Morgan fingerprint density at radius 3 is 0.723 bits per heavy atom. The van der Waals surface area contributed by atoms with Crippen molar-refractivity contribution in [3.05, 3.63) is 0 Å². The molecule has 5 atom stereocenters. The molecule has 0 radical (unpaired) electrons. The van der Waals surface area contributed by atoms with Crippen molar-refractivity contribution in [1.29, 1.82) is 0 Å². The van der Waals surface area contributed by atoms with Crippen molar-refractivity contribution >= 4 is 39.5 Å². The topological polar surface area (TPSA) is 237 Å². The molecule has 0 bridgehead atoms. The van der Waals surface area contributed by atoms with E-state index in [0.717, 1.165) is 102 Å². The Morgan fingerprint density at radius 1 is 0.287 bits per heavy atom. The van der Waals surface area contributed by atoms with Crippen LogP contribution >= 0.6 is 15.6 Å². The van der Waals surface area contributed by atoms with Crippen molar-refractivity contribution in [3.8, 4) is 0 Å². The zero-order valence-electron chi connectivity index (χ0n) is 61.3. The Morgan fingerprint density at radius 2 is 0.489 bits per heavy atom. The maximum Gasteiger partial charge on any atom is 0.472 e. The summed E-state index contributed by atoms with van der Waals surface area (Å²) in [6, 6.07) is 0. The second kappa shape index (κ2) is 66.9. The number of ether oxygens (including phenoxy) is 4. The Balaban J connectivity index is 5.24. The van der Waals surface area contributed by atoms with Gasteiger partial charge in [-0.2, -0.15) is 0 Å². The van der Waals surface area contributed by atoms with Crippen LogP contribution in [0.3, 0.4) is 0 Å². The molecular weight excluding hydrogens is 1230 g/mol.